The highest BCUT2D eigenvalue weighted by Crippen LogP contribution is 2.10. The van der Waals surface area contributed by atoms with E-state index in [2.05, 4.69) is 0 Å². The van der Waals surface area contributed by atoms with Gasteiger partial charge >= 0.3 is 5.97 Å². The van der Waals surface area contributed by atoms with Crippen molar-refractivity contribution in [3.05, 3.63) is 29.8 Å². The van der Waals surface area contributed by atoms with E-state index < -0.39 is 41.8 Å². The molecule has 0 aliphatic carbocycles. The molecule has 3 heteroatoms. The molecule has 1 aromatic carbocycles. The minimum atomic E-state index is -2.95. The summed E-state index contributed by atoms with van der Waals surface area (Å²) < 4.78 is 36.3. The van der Waals surface area contributed by atoms with Gasteiger partial charge in [-0.05, 0) is 17.6 Å². The Bertz CT molecular complexity index is 457. The molecule has 0 heterocycles. The maximum atomic E-state index is 10.7. The molecule has 11 heavy (non-hydrogen) atoms. The molecule has 0 aromatic heterocycles. The summed E-state index contributed by atoms with van der Waals surface area (Å²) in [6.45, 7) is 0. The second-order valence-electron chi connectivity index (χ2n) is 1.71. The number of carbonyl (C=O) groups is 1. The lowest BCUT2D eigenvalue weighted by Crippen LogP contribution is -1.99. The second-order valence-corrected chi connectivity index (χ2v) is 1.71. The van der Waals surface area contributed by atoms with Crippen LogP contribution in [0.25, 0.3) is 0 Å². The first-order chi connectivity index (χ1) is 7.19. The Labute approximate surface area is 70.9 Å². The van der Waals surface area contributed by atoms with Crippen LogP contribution < -0.4 is 0 Å². The fourth-order valence-corrected chi connectivity index (χ4v) is 0.541. The summed E-state index contributed by atoms with van der Waals surface area (Å²) in [4.78, 5) is 10.7. The molecule has 58 valence electrons. The normalized spacial score (nSPS) is 17.3. The van der Waals surface area contributed by atoms with Crippen molar-refractivity contribution in [1.82, 2.24) is 0 Å². The van der Waals surface area contributed by atoms with E-state index in [4.69, 9.17) is 12.0 Å². The number of benzene rings is 1. The number of hydrogen-bond donors (Lipinski definition) is 2. The molecule has 0 aliphatic heterocycles. The maximum Gasteiger partial charge on any atom is 0.307 e. The summed E-state index contributed by atoms with van der Waals surface area (Å²) in [5.74, 6) is -2.69. The highest BCUT2D eigenvalue weighted by molar-refractivity contribution is 5.70. The van der Waals surface area contributed by atoms with Gasteiger partial charge in [0.05, 0.1) is 10.5 Å². The molecule has 0 atom stereocenters. The van der Waals surface area contributed by atoms with Gasteiger partial charge in [0, 0.05) is 2.74 Å². The topological polar surface area (TPSA) is 57.5 Å². The van der Waals surface area contributed by atoms with Crippen LogP contribution >= 0.6 is 0 Å². The van der Waals surface area contributed by atoms with Crippen LogP contribution in [0.1, 0.15) is 12.4 Å². The zero-order valence-electron chi connectivity index (χ0n) is 10.4. The fourth-order valence-electron chi connectivity index (χ4n) is 0.541. The number of aliphatic carboxylic acids is 1. The predicted octanol–water partition coefficient (Wildman–Crippen LogP) is 1.02. The molecule has 0 amide bonds. The number of phenolic OH excluding ortho intramolecular Hbond substituents is 1. The van der Waals surface area contributed by atoms with Gasteiger partial charge in [0.15, 0.2) is 0 Å². The van der Waals surface area contributed by atoms with Crippen molar-refractivity contribution in [1.29, 1.82) is 0 Å². The quantitative estimate of drug-likeness (QED) is 0.673. The first-order valence-electron chi connectivity index (χ1n) is 5.23. The molecule has 3 nitrogen and oxygen atoms in total. The number of rotatable bonds is 2. The molecule has 0 aliphatic rings. The van der Waals surface area contributed by atoms with E-state index in [0.717, 1.165) is 6.07 Å². The lowest BCUT2D eigenvalue weighted by molar-refractivity contribution is -0.136. The van der Waals surface area contributed by atoms with Crippen molar-refractivity contribution in [2.24, 2.45) is 0 Å². The fraction of sp³-hybridized carbons (Fsp3) is 0.125. The van der Waals surface area contributed by atoms with Crippen molar-refractivity contribution >= 4 is 5.97 Å². The summed E-state index contributed by atoms with van der Waals surface area (Å²) in [7, 11) is 0. The zero-order valence-corrected chi connectivity index (χ0v) is 5.38. The second kappa shape index (κ2) is 3.05. The molecular weight excluding hydrogens is 144 g/mol. The molecule has 2 N–H and O–H groups in total. The smallest absolute Gasteiger partial charge is 0.307 e. The summed E-state index contributed by atoms with van der Waals surface area (Å²) in [6, 6.07) is -1.16. The van der Waals surface area contributed by atoms with Crippen molar-refractivity contribution < 1.29 is 21.9 Å². The van der Waals surface area contributed by atoms with Gasteiger partial charge in [-0.25, -0.2) is 0 Å². The van der Waals surface area contributed by atoms with Gasteiger partial charge < -0.3 is 10.2 Å². The summed E-state index contributed by atoms with van der Waals surface area (Å²) in [6.07, 6.45) is -2.95. The van der Waals surface area contributed by atoms with E-state index in [9.17, 15) is 9.90 Å². The largest absolute Gasteiger partial charge is 0.508 e. The van der Waals surface area contributed by atoms with Crippen molar-refractivity contribution in [2.75, 3.05) is 0 Å². The van der Waals surface area contributed by atoms with Crippen LogP contribution in [0.5, 0.6) is 5.75 Å². The van der Waals surface area contributed by atoms with E-state index in [1.165, 1.54) is 0 Å². The lowest BCUT2D eigenvalue weighted by Gasteiger charge is -1.96. The minimum Gasteiger partial charge on any atom is -0.508 e. The third kappa shape index (κ3) is 2.29. The maximum absolute atomic E-state index is 10.7. The average molecular weight is 157 g/mol. The Kier molecular flexibility index (Phi) is 0.904. The molecule has 0 radical (unpaired) electrons. The highest BCUT2D eigenvalue weighted by atomic mass is 16.4. The third-order valence-electron chi connectivity index (χ3n) is 0.901. The Morgan fingerprint density at radius 1 is 1.73 bits per heavy atom. The van der Waals surface area contributed by atoms with Crippen LogP contribution in [0, 0.1) is 0 Å². The molecule has 0 unspecified atom stereocenters. The van der Waals surface area contributed by atoms with Gasteiger partial charge in [-0.15, -0.1) is 0 Å². The number of carboxylic acid groups (broad SMARTS) is 1. The van der Waals surface area contributed by atoms with Crippen molar-refractivity contribution in [3.63, 3.8) is 0 Å². The van der Waals surface area contributed by atoms with Gasteiger partial charge in [0.2, 0.25) is 0 Å². The summed E-state index contributed by atoms with van der Waals surface area (Å²) in [5, 5.41) is 17.9. The molecule has 0 spiro atoms. The Balaban J connectivity index is 3.58. The first kappa shape index (κ1) is 3.26. The molecule has 1 aromatic rings. The summed E-state index contributed by atoms with van der Waals surface area (Å²) in [5.41, 5.74) is -0.756. The molecule has 0 saturated heterocycles. The number of aromatic hydroxyl groups is 1. The Hall–Kier alpha value is -1.51. The van der Waals surface area contributed by atoms with Crippen LogP contribution in [0.15, 0.2) is 24.2 Å². The molecular formula is C8H8O3. The average Bonchev–Trinajstić information content (AvgIpc) is 2.13. The lowest BCUT2D eigenvalue weighted by atomic mass is 10.1. The number of phenols is 1. The van der Waals surface area contributed by atoms with Crippen LogP contribution in [-0.4, -0.2) is 16.2 Å². The molecule has 0 bridgehead atoms. The zero-order chi connectivity index (χ0) is 12.7. The molecule has 1 rings (SSSR count). The van der Waals surface area contributed by atoms with E-state index in [1.54, 1.807) is 0 Å². The monoisotopic (exact) mass is 157 g/mol. The Morgan fingerprint density at radius 2 is 2.45 bits per heavy atom. The predicted molar refractivity (Wildman–Crippen MR) is 39.4 cm³/mol. The van der Waals surface area contributed by atoms with Crippen LogP contribution in [0.4, 0.5) is 0 Å². The SMILES string of the molecule is [2H]c1cc([2H])c(C([2H])([2H])C(=O)O)c([2H])c1O. The Morgan fingerprint density at radius 3 is 3.09 bits per heavy atom. The van der Waals surface area contributed by atoms with Crippen LogP contribution in [-0.2, 0) is 11.2 Å². The first-order valence-corrected chi connectivity index (χ1v) is 2.73. The number of hydrogen-bond acceptors (Lipinski definition) is 2. The molecule has 0 saturated carbocycles. The van der Waals surface area contributed by atoms with Gasteiger partial charge in [0.25, 0.3) is 0 Å². The minimum absolute atomic E-state index is 0.514. The van der Waals surface area contributed by atoms with Gasteiger partial charge in [0.1, 0.15) is 5.75 Å². The van der Waals surface area contributed by atoms with Crippen LogP contribution in [0.3, 0.4) is 0 Å². The number of carboxylic acids is 1. The third-order valence-corrected chi connectivity index (χ3v) is 0.901. The van der Waals surface area contributed by atoms with E-state index in [1.807, 2.05) is 0 Å². The van der Waals surface area contributed by atoms with Crippen molar-refractivity contribution in [3.8, 4) is 5.75 Å². The highest BCUT2D eigenvalue weighted by Gasteiger charge is 1.99. The van der Waals surface area contributed by atoms with Crippen molar-refractivity contribution in [2.45, 2.75) is 6.37 Å². The van der Waals surface area contributed by atoms with E-state index >= 15 is 0 Å². The van der Waals surface area contributed by atoms with E-state index in [0.29, 0.717) is 0 Å². The van der Waals surface area contributed by atoms with Gasteiger partial charge in [-0.2, -0.15) is 0 Å². The standard InChI is InChI=1S/C8H8O3/c9-7-3-1-2-6(4-7)5-8(10)11/h1-4,9H,5H2,(H,10,11)/i2D,3D,4D,5D2. The molecule has 0 fully saturated rings. The summed E-state index contributed by atoms with van der Waals surface area (Å²) >= 11 is 0. The van der Waals surface area contributed by atoms with Gasteiger partial charge in [-0.1, -0.05) is 12.1 Å². The van der Waals surface area contributed by atoms with Crippen LogP contribution in [0.2, 0.25) is 0 Å². The van der Waals surface area contributed by atoms with Gasteiger partial charge in [-0.3, -0.25) is 4.79 Å². The van der Waals surface area contributed by atoms with E-state index in [-0.39, 0.29) is 0 Å².